The topological polar surface area (TPSA) is 57.3 Å². The average Bonchev–Trinajstić information content (AvgIpc) is 2.49. The molecule has 0 aromatic heterocycles. The average molecular weight is 304 g/mol. The van der Waals surface area contributed by atoms with Crippen molar-refractivity contribution < 1.29 is 9.69 Å². The van der Waals surface area contributed by atoms with E-state index in [9.17, 15) is 4.79 Å². The number of hydrogen-bond acceptors (Lipinski definition) is 3. The van der Waals surface area contributed by atoms with E-state index < -0.39 is 0 Å². The molecule has 1 saturated heterocycles. The molecule has 2 atom stereocenters. The van der Waals surface area contributed by atoms with E-state index in [2.05, 4.69) is 18.3 Å². The molecule has 0 bridgehead atoms. The number of likely N-dealkylation sites (tertiary alicyclic amines) is 1. The molecule has 1 aromatic rings. The highest BCUT2D eigenvalue weighted by Crippen LogP contribution is 2.26. The predicted octanol–water partition coefficient (Wildman–Crippen LogP) is 1.70. The summed E-state index contributed by atoms with van der Waals surface area (Å²) < 4.78 is 0. The first-order chi connectivity index (χ1) is 10.2. The van der Waals surface area contributed by atoms with Gasteiger partial charge in [-0.1, -0.05) is 12.1 Å². The van der Waals surface area contributed by atoms with E-state index in [1.807, 2.05) is 24.3 Å². The first-order valence-corrected chi connectivity index (χ1v) is 8.42. The van der Waals surface area contributed by atoms with E-state index in [-0.39, 0.29) is 5.91 Å². The Morgan fingerprint density at radius 3 is 3.05 bits per heavy atom. The van der Waals surface area contributed by atoms with Gasteiger partial charge in [0.15, 0.2) is 6.54 Å². The molecule has 1 heterocycles. The Morgan fingerprint density at radius 2 is 2.29 bits per heavy atom. The molecule has 1 aliphatic rings. The molecule has 1 fully saturated rings. The number of hydrogen-bond donors (Lipinski definition) is 2. The number of rotatable bonds is 5. The monoisotopic (exact) mass is 304 g/mol. The number of carbonyl (C=O) groups excluding carboxylic acids is 1. The number of anilines is 1. The second-order valence-corrected chi connectivity index (χ2v) is 6.49. The minimum atomic E-state index is 0.0590. The number of amides is 1. The van der Waals surface area contributed by atoms with Crippen molar-refractivity contribution in [2.75, 3.05) is 24.2 Å². The van der Waals surface area contributed by atoms with E-state index in [0.717, 1.165) is 17.1 Å². The minimum Gasteiger partial charge on any atom is -0.325 e. The number of para-hydroxylation sites is 1. The fourth-order valence-corrected chi connectivity index (χ4v) is 3.39. The van der Waals surface area contributed by atoms with Crippen molar-refractivity contribution in [1.29, 1.82) is 5.26 Å². The smallest absolute Gasteiger partial charge is 0.279 e. The molecule has 2 N–H and O–H groups in total. The highest BCUT2D eigenvalue weighted by molar-refractivity contribution is 7.99. The molecule has 0 saturated carbocycles. The maximum absolute atomic E-state index is 12.2. The minimum absolute atomic E-state index is 0.0590. The van der Waals surface area contributed by atoms with Crippen molar-refractivity contribution >= 4 is 23.4 Å². The molecule has 0 aliphatic carbocycles. The van der Waals surface area contributed by atoms with Crippen LogP contribution in [-0.2, 0) is 4.79 Å². The zero-order valence-corrected chi connectivity index (χ0v) is 13.2. The van der Waals surface area contributed by atoms with Gasteiger partial charge in [0.1, 0.15) is 0 Å². The summed E-state index contributed by atoms with van der Waals surface area (Å²) >= 11 is 1.45. The van der Waals surface area contributed by atoms with Gasteiger partial charge in [-0.2, -0.15) is 5.26 Å². The second-order valence-electron chi connectivity index (χ2n) is 5.47. The van der Waals surface area contributed by atoms with Gasteiger partial charge in [0, 0.05) is 4.90 Å². The SMILES string of the molecule is C[C@@H]1CCCC[NH+]1CC(=O)Nc1ccccc1SCC#N. The number of nitrogens with one attached hydrogen (secondary N) is 2. The van der Waals surface area contributed by atoms with Crippen molar-refractivity contribution in [3.8, 4) is 6.07 Å². The van der Waals surface area contributed by atoms with Crippen LogP contribution in [0.4, 0.5) is 5.69 Å². The lowest BCUT2D eigenvalue weighted by Crippen LogP contribution is -3.17. The highest BCUT2D eigenvalue weighted by Gasteiger charge is 2.24. The summed E-state index contributed by atoms with van der Waals surface area (Å²) in [6, 6.07) is 10.3. The zero-order valence-electron chi connectivity index (χ0n) is 12.4. The van der Waals surface area contributed by atoms with Crippen molar-refractivity contribution in [3.63, 3.8) is 0 Å². The molecule has 1 aliphatic heterocycles. The molecular formula is C16H22N3OS+. The largest absolute Gasteiger partial charge is 0.325 e. The Labute approximate surface area is 130 Å². The van der Waals surface area contributed by atoms with Gasteiger partial charge in [0.25, 0.3) is 5.91 Å². The van der Waals surface area contributed by atoms with Gasteiger partial charge < -0.3 is 10.2 Å². The van der Waals surface area contributed by atoms with Gasteiger partial charge in [-0.05, 0) is 38.3 Å². The van der Waals surface area contributed by atoms with Crippen LogP contribution in [0.2, 0.25) is 0 Å². The number of thioether (sulfide) groups is 1. The lowest BCUT2D eigenvalue weighted by Gasteiger charge is -2.29. The maximum atomic E-state index is 12.2. The lowest BCUT2D eigenvalue weighted by molar-refractivity contribution is -0.920. The van der Waals surface area contributed by atoms with Crippen molar-refractivity contribution in [2.24, 2.45) is 0 Å². The number of nitrogens with zero attached hydrogens (tertiary/aromatic N) is 1. The van der Waals surface area contributed by atoms with Crippen LogP contribution < -0.4 is 10.2 Å². The van der Waals surface area contributed by atoms with Crippen LogP contribution in [0.3, 0.4) is 0 Å². The maximum Gasteiger partial charge on any atom is 0.279 e. The number of carbonyl (C=O) groups is 1. The lowest BCUT2D eigenvalue weighted by atomic mass is 10.0. The van der Waals surface area contributed by atoms with Crippen molar-refractivity contribution in [2.45, 2.75) is 37.1 Å². The van der Waals surface area contributed by atoms with Gasteiger partial charge in [-0.15, -0.1) is 11.8 Å². The molecule has 1 aromatic carbocycles. The van der Waals surface area contributed by atoms with Gasteiger partial charge >= 0.3 is 0 Å². The zero-order chi connectivity index (χ0) is 15.1. The van der Waals surface area contributed by atoms with E-state index in [1.165, 1.54) is 35.9 Å². The molecular weight excluding hydrogens is 282 g/mol. The summed E-state index contributed by atoms with van der Waals surface area (Å²) in [5.41, 5.74) is 0.812. The molecule has 2 rings (SSSR count). The van der Waals surface area contributed by atoms with Crippen LogP contribution >= 0.6 is 11.8 Å². The van der Waals surface area contributed by atoms with Crippen LogP contribution in [0, 0.1) is 11.3 Å². The third-order valence-electron chi connectivity index (χ3n) is 3.92. The molecule has 1 amide bonds. The third-order valence-corrected chi connectivity index (χ3v) is 4.86. The number of nitriles is 1. The summed E-state index contributed by atoms with van der Waals surface area (Å²) in [5.74, 6) is 0.449. The Morgan fingerprint density at radius 1 is 1.48 bits per heavy atom. The van der Waals surface area contributed by atoms with Crippen molar-refractivity contribution in [1.82, 2.24) is 0 Å². The van der Waals surface area contributed by atoms with E-state index >= 15 is 0 Å². The molecule has 0 radical (unpaired) electrons. The van der Waals surface area contributed by atoms with Gasteiger partial charge in [-0.25, -0.2) is 0 Å². The first-order valence-electron chi connectivity index (χ1n) is 7.44. The summed E-state index contributed by atoms with van der Waals surface area (Å²) in [6.07, 6.45) is 3.69. The van der Waals surface area contributed by atoms with Crippen LogP contribution in [0.1, 0.15) is 26.2 Å². The van der Waals surface area contributed by atoms with Gasteiger partial charge in [0.05, 0.1) is 30.1 Å². The molecule has 112 valence electrons. The summed E-state index contributed by atoms with van der Waals surface area (Å²) in [7, 11) is 0. The molecule has 4 nitrogen and oxygen atoms in total. The van der Waals surface area contributed by atoms with Gasteiger partial charge in [-0.3, -0.25) is 4.79 Å². The molecule has 5 heteroatoms. The Bertz CT molecular complexity index is 526. The summed E-state index contributed by atoms with van der Waals surface area (Å²) in [6.45, 7) is 3.83. The second kappa shape index (κ2) is 8.06. The number of quaternary nitrogens is 1. The normalized spacial score (nSPS) is 21.5. The van der Waals surface area contributed by atoms with Crippen LogP contribution in [0.25, 0.3) is 0 Å². The van der Waals surface area contributed by atoms with Gasteiger partial charge in [0.2, 0.25) is 0 Å². The Kier molecular flexibility index (Phi) is 6.09. The highest BCUT2D eigenvalue weighted by atomic mass is 32.2. The standard InChI is InChI=1S/C16H21N3OS/c1-13-6-4-5-10-19(13)12-16(20)18-14-7-2-3-8-15(14)21-11-9-17/h2-3,7-8,13H,4-6,10-12H2,1H3,(H,18,20)/p+1/t13-/m1/s1. The predicted molar refractivity (Wildman–Crippen MR) is 85.4 cm³/mol. The Hall–Kier alpha value is -1.51. The number of benzene rings is 1. The van der Waals surface area contributed by atoms with E-state index in [4.69, 9.17) is 5.26 Å². The van der Waals surface area contributed by atoms with E-state index in [1.54, 1.807) is 0 Å². The summed E-state index contributed by atoms with van der Waals surface area (Å²) in [4.78, 5) is 14.6. The summed E-state index contributed by atoms with van der Waals surface area (Å²) in [5, 5.41) is 11.7. The fraction of sp³-hybridized carbons (Fsp3) is 0.500. The van der Waals surface area contributed by atoms with Crippen LogP contribution in [-0.4, -0.2) is 30.8 Å². The van der Waals surface area contributed by atoms with Crippen LogP contribution in [0.5, 0.6) is 0 Å². The third kappa shape index (κ3) is 4.76. The number of piperidine rings is 1. The fourth-order valence-electron chi connectivity index (χ4n) is 2.72. The quantitative estimate of drug-likeness (QED) is 0.814. The van der Waals surface area contributed by atoms with E-state index in [0.29, 0.717) is 18.3 Å². The molecule has 1 unspecified atom stereocenters. The molecule has 21 heavy (non-hydrogen) atoms. The Balaban J connectivity index is 1.94. The van der Waals surface area contributed by atoms with Crippen LogP contribution in [0.15, 0.2) is 29.2 Å². The first kappa shape index (κ1) is 15.9. The molecule has 0 spiro atoms. The van der Waals surface area contributed by atoms with Crippen molar-refractivity contribution in [3.05, 3.63) is 24.3 Å².